The molecule has 2 aromatic carbocycles. The average molecular weight is 365 g/mol. The topological polar surface area (TPSA) is 44.8 Å². The minimum Gasteiger partial charge on any atom is -0.489 e. The molecule has 0 radical (unpaired) electrons. The van der Waals surface area contributed by atoms with Crippen molar-refractivity contribution in [1.82, 2.24) is 0 Å². The van der Waals surface area contributed by atoms with E-state index in [0.717, 1.165) is 21.3 Å². The Morgan fingerprint density at radius 3 is 2.59 bits per heavy atom. The van der Waals surface area contributed by atoms with Gasteiger partial charge < -0.3 is 14.2 Å². The van der Waals surface area contributed by atoms with Gasteiger partial charge in [-0.1, -0.05) is 28.1 Å². The van der Waals surface area contributed by atoms with Gasteiger partial charge in [-0.3, -0.25) is 0 Å². The van der Waals surface area contributed by atoms with E-state index in [2.05, 4.69) is 27.6 Å². The van der Waals surface area contributed by atoms with E-state index in [0.29, 0.717) is 5.75 Å². The summed E-state index contributed by atoms with van der Waals surface area (Å²) in [5.74, 6) is 1.17. The highest BCUT2D eigenvalue weighted by molar-refractivity contribution is 9.10. The first-order valence-corrected chi connectivity index (χ1v) is 7.54. The lowest BCUT2D eigenvalue weighted by Crippen LogP contribution is -2.10. The van der Waals surface area contributed by atoms with E-state index in [4.69, 9.17) is 9.47 Å². The zero-order valence-electron chi connectivity index (χ0n) is 12.7. The summed E-state index contributed by atoms with van der Waals surface area (Å²) in [5.41, 5.74) is 3.12. The third-order valence-corrected chi connectivity index (χ3v) is 4.04. The molecular formula is C17H17BrO4. The predicted octanol–water partition coefficient (Wildman–Crippen LogP) is 4.79. The van der Waals surface area contributed by atoms with Gasteiger partial charge in [0.25, 0.3) is 0 Å². The zero-order chi connectivity index (χ0) is 16.1. The lowest BCUT2D eigenvalue weighted by atomic mass is 10.1. The van der Waals surface area contributed by atoms with E-state index < -0.39 is 6.16 Å². The molecule has 0 N–H and O–H groups in total. The van der Waals surface area contributed by atoms with Gasteiger partial charge in [-0.05, 0) is 49.2 Å². The molecule has 0 unspecified atom stereocenters. The SMILES string of the molecule is COC(=O)Oc1cccc(Br)c1COc1ccc(C)c(C)c1. The van der Waals surface area contributed by atoms with Gasteiger partial charge in [0.15, 0.2) is 0 Å². The van der Waals surface area contributed by atoms with Crippen molar-refractivity contribution in [3.63, 3.8) is 0 Å². The van der Waals surface area contributed by atoms with Gasteiger partial charge in [0.2, 0.25) is 0 Å². The maximum atomic E-state index is 11.3. The zero-order valence-corrected chi connectivity index (χ0v) is 14.3. The molecule has 0 amide bonds. The number of aryl methyl sites for hydroxylation is 2. The molecule has 0 bridgehead atoms. The molecule has 4 nitrogen and oxygen atoms in total. The lowest BCUT2D eigenvalue weighted by Gasteiger charge is -2.13. The minimum absolute atomic E-state index is 0.274. The van der Waals surface area contributed by atoms with Crippen molar-refractivity contribution in [2.75, 3.05) is 7.11 Å². The van der Waals surface area contributed by atoms with E-state index in [1.807, 2.05) is 31.2 Å². The molecule has 0 aromatic heterocycles. The Morgan fingerprint density at radius 1 is 1.14 bits per heavy atom. The van der Waals surface area contributed by atoms with Crippen LogP contribution in [0, 0.1) is 13.8 Å². The number of rotatable bonds is 4. The van der Waals surface area contributed by atoms with Crippen molar-refractivity contribution in [2.24, 2.45) is 0 Å². The summed E-state index contributed by atoms with van der Waals surface area (Å²) >= 11 is 3.45. The van der Waals surface area contributed by atoms with Gasteiger partial charge in [0, 0.05) is 10.0 Å². The molecule has 0 atom stereocenters. The molecule has 0 saturated carbocycles. The van der Waals surface area contributed by atoms with Crippen LogP contribution < -0.4 is 9.47 Å². The number of methoxy groups -OCH3 is 1. The molecule has 22 heavy (non-hydrogen) atoms. The number of hydrogen-bond donors (Lipinski definition) is 0. The van der Waals surface area contributed by atoms with Crippen LogP contribution in [0.3, 0.4) is 0 Å². The van der Waals surface area contributed by atoms with Crippen molar-refractivity contribution in [3.05, 3.63) is 57.6 Å². The number of hydrogen-bond acceptors (Lipinski definition) is 4. The van der Waals surface area contributed by atoms with Crippen LogP contribution in [0.1, 0.15) is 16.7 Å². The van der Waals surface area contributed by atoms with Gasteiger partial charge >= 0.3 is 6.16 Å². The minimum atomic E-state index is -0.759. The molecular weight excluding hydrogens is 348 g/mol. The predicted molar refractivity (Wildman–Crippen MR) is 87.4 cm³/mol. The third kappa shape index (κ3) is 4.01. The molecule has 116 valence electrons. The van der Waals surface area contributed by atoms with Gasteiger partial charge in [-0.2, -0.15) is 0 Å². The third-order valence-electron chi connectivity index (χ3n) is 3.30. The highest BCUT2D eigenvalue weighted by atomic mass is 79.9. The first-order chi connectivity index (χ1) is 10.5. The van der Waals surface area contributed by atoms with Crippen LogP contribution in [0.5, 0.6) is 11.5 Å². The Balaban J connectivity index is 2.17. The van der Waals surface area contributed by atoms with E-state index in [1.54, 1.807) is 12.1 Å². The highest BCUT2D eigenvalue weighted by Gasteiger charge is 2.13. The Labute approximate surface area is 138 Å². The Hall–Kier alpha value is -2.01. The van der Waals surface area contributed by atoms with Gasteiger partial charge in [-0.25, -0.2) is 4.79 Å². The molecule has 2 rings (SSSR count). The summed E-state index contributed by atoms with van der Waals surface area (Å²) in [6.45, 7) is 4.36. The molecule has 0 saturated heterocycles. The Kier molecular flexibility index (Phi) is 5.44. The van der Waals surface area contributed by atoms with E-state index in [9.17, 15) is 4.79 Å². The second-order valence-corrected chi connectivity index (χ2v) is 5.66. The van der Waals surface area contributed by atoms with Crippen molar-refractivity contribution in [1.29, 1.82) is 0 Å². The first kappa shape index (κ1) is 16.4. The van der Waals surface area contributed by atoms with Crippen molar-refractivity contribution in [2.45, 2.75) is 20.5 Å². The number of carbonyl (C=O) groups is 1. The molecule has 0 spiro atoms. The fourth-order valence-electron chi connectivity index (χ4n) is 1.87. The summed E-state index contributed by atoms with van der Waals surface area (Å²) in [6, 6.07) is 11.2. The summed E-state index contributed by atoms with van der Waals surface area (Å²) in [6.07, 6.45) is -0.759. The van der Waals surface area contributed by atoms with E-state index >= 15 is 0 Å². The van der Waals surface area contributed by atoms with Crippen LogP contribution in [0.2, 0.25) is 0 Å². The smallest absolute Gasteiger partial charge is 0.489 e. The number of benzene rings is 2. The number of halogens is 1. The first-order valence-electron chi connectivity index (χ1n) is 6.74. The van der Waals surface area contributed by atoms with E-state index in [1.165, 1.54) is 12.7 Å². The van der Waals surface area contributed by atoms with Crippen molar-refractivity contribution >= 4 is 22.1 Å². The van der Waals surface area contributed by atoms with Crippen LogP contribution >= 0.6 is 15.9 Å². The Morgan fingerprint density at radius 2 is 1.91 bits per heavy atom. The number of ether oxygens (including phenoxy) is 3. The van der Waals surface area contributed by atoms with Crippen LogP contribution in [-0.2, 0) is 11.3 Å². The van der Waals surface area contributed by atoms with Gasteiger partial charge in [0.05, 0.1) is 7.11 Å². The standard InChI is InChI=1S/C17H17BrO4/c1-11-7-8-13(9-12(11)2)21-10-14-15(18)5-4-6-16(14)22-17(19)20-3/h4-9H,10H2,1-3H3. The average Bonchev–Trinajstić information content (AvgIpc) is 2.50. The fraction of sp³-hybridized carbons (Fsp3) is 0.235. The van der Waals surface area contributed by atoms with Crippen LogP contribution in [-0.4, -0.2) is 13.3 Å². The quantitative estimate of drug-likeness (QED) is 0.577. The lowest BCUT2D eigenvalue weighted by molar-refractivity contribution is 0.120. The van der Waals surface area contributed by atoms with Crippen molar-refractivity contribution in [3.8, 4) is 11.5 Å². The number of carbonyl (C=O) groups excluding carboxylic acids is 1. The molecule has 2 aromatic rings. The van der Waals surface area contributed by atoms with Crippen LogP contribution in [0.25, 0.3) is 0 Å². The Bertz CT molecular complexity index is 682. The maximum Gasteiger partial charge on any atom is 0.513 e. The molecule has 5 heteroatoms. The van der Waals surface area contributed by atoms with Gasteiger partial charge in [0.1, 0.15) is 18.1 Å². The molecule has 0 heterocycles. The molecule has 0 fully saturated rings. The maximum absolute atomic E-state index is 11.3. The summed E-state index contributed by atoms with van der Waals surface area (Å²) in [4.78, 5) is 11.3. The second kappa shape index (κ2) is 7.31. The summed E-state index contributed by atoms with van der Waals surface area (Å²) in [5, 5.41) is 0. The highest BCUT2D eigenvalue weighted by Crippen LogP contribution is 2.29. The van der Waals surface area contributed by atoms with Gasteiger partial charge in [-0.15, -0.1) is 0 Å². The fourth-order valence-corrected chi connectivity index (χ4v) is 2.33. The molecule has 0 aliphatic rings. The molecule has 0 aliphatic carbocycles. The second-order valence-electron chi connectivity index (χ2n) is 4.81. The monoisotopic (exact) mass is 364 g/mol. The molecule has 0 aliphatic heterocycles. The van der Waals surface area contributed by atoms with Crippen LogP contribution in [0.4, 0.5) is 4.79 Å². The summed E-state index contributed by atoms with van der Waals surface area (Å²) in [7, 11) is 1.27. The van der Waals surface area contributed by atoms with Crippen molar-refractivity contribution < 1.29 is 19.0 Å². The van der Waals surface area contributed by atoms with E-state index in [-0.39, 0.29) is 6.61 Å². The normalized spacial score (nSPS) is 10.2. The summed E-state index contributed by atoms with van der Waals surface area (Å²) < 4.78 is 16.3. The van der Waals surface area contributed by atoms with Crippen LogP contribution in [0.15, 0.2) is 40.9 Å². The largest absolute Gasteiger partial charge is 0.513 e.